The molecule has 0 aliphatic heterocycles. The fourth-order valence-electron chi connectivity index (χ4n) is 2.52. The van der Waals surface area contributed by atoms with Gasteiger partial charge in [-0.2, -0.15) is 0 Å². The summed E-state index contributed by atoms with van der Waals surface area (Å²) >= 11 is 0. The summed E-state index contributed by atoms with van der Waals surface area (Å²) in [5.41, 5.74) is 2.65. The zero-order valence-corrected chi connectivity index (χ0v) is 16.3. The standard InChI is InChI=1S/C22H25N3O3/c1-16-9-12-19(13-10-16)24-21(27)15-25(3)22(28)17(2)23-20(26)14-11-18-7-5-4-6-8-18/h4-14,17H,15H2,1-3H3,(H,23,26)(H,24,27)/b14-11+. The molecule has 0 saturated heterocycles. The number of nitrogens with one attached hydrogen (secondary N) is 2. The molecule has 28 heavy (non-hydrogen) atoms. The van der Waals surface area contributed by atoms with Crippen molar-refractivity contribution >= 4 is 29.5 Å². The van der Waals surface area contributed by atoms with Gasteiger partial charge in [-0.25, -0.2) is 0 Å². The van der Waals surface area contributed by atoms with Crippen molar-refractivity contribution in [3.63, 3.8) is 0 Å². The molecule has 0 fully saturated rings. The van der Waals surface area contributed by atoms with Crippen LogP contribution in [-0.2, 0) is 14.4 Å². The summed E-state index contributed by atoms with van der Waals surface area (Å²) in [6.45, 7) is 3.44. The summed E-state index contributed by atoms with van der Waals surface area (Å²) in [5, 5.41) is 5.35. The van der Waals surface area contributed by atoms with Crippen molar-refractivity contribution in [3.8, 4) is 0 Å². The molecule has 3 amide bonds. The van der Waals surface area contributed by atoms with E-state index in [4.69, 9.17) is 0 Å². The first kappa shape index (κ1) is 20.9. The molecule has 0 heterocycles. The Labute approximate surface area is 165 Å². The smallest absolute Gasteiger partial charge is 0.245 e. The Morgan fingerprint density at radius 1 is 1.04 bits per heavy atom. The summed E-state index contributed by atoms with van der Waals surface area (Å²) in [6.07, 6.45) is 3.05. The third kappa shape index (κ3) is 6.72. The second kappa shape index (κ2) is 10.1. The topological polar surface area (TPSA) is 78.5 Å². The van der Waals surface area contributed by atoms with Gasteiger partial charge in [0.1, 0.15) is 6.04 Å². The average molecular weight is 379 g/mol. The highest BCUT2D eigenvalue weighted by molar-refractivity contribution is 5.97. The van der Waals surface area contributed by atoms with Gasteiger partial charge in [0.25, 0.3) is 0 Å². The third-order valence-electron chi connectivity index (χ3n) is 4.05. The van der Waals surface area contributed by atoms with Gasteiger partial charge in [0.15, 0.2) is 0 Å². The lowest BCUT2D eigenvalue weighted by molar-refractivity contribution is -0.136. The molecule has 0 aliphatic rings. The number of hydrogen-bond acceptors (Lipinski definition) is 3. The van der Waals surface area contributed by atoms with Crippen LogP contribution in [0.2, 0.25) is 0 Å². The molecule has 0 bridgehead atoms. The predicted molar refractivity (Wildman–Crippen MR) is 111 cm³/mol. The molecule has 2 aromatic carbocycles. The minimum atomic E-state index is -0.745. The first-order chi connectivity index (χ1) is 13.3. The number of benzene rings is 2. The van der Waals surface area contributed by atoms with Crippen molar-refractivity contribution in [2.24, 2.45) is 0 Å². The van der Waals surface area contributed by atoms with E-state index in [1.54, 1.807) is 25.1 Å². The second-order valence-corrected chi connectivity index (χ2v) is 6.58. The van der Waals surface area contributed by atoms with Crippen molar-refractivity contribution in [2.75, 3.05) is 18.9 Å². The Balaban J connectivity index is 1.82. The number of rotatable bonds is 7. The molecule has 0 aromatic heterocycles. The molecule has 0 spiro atoms. The van der Waals surface area contributed by atoms with Crippen LogP contribution in [0, 0.1) is 6.92 Å². The van der Waals surface area contributed by atoms with Crippen LogP contribution in [-0.4, -0.2) is 42.3 Å². The van der Waals surface area contributed by atoms with Gasteiger partial charge >= 0.3 is 0 Å². The number of carbonyl (C=O) groups is 3. The highest BCUT2D eigenvalue weighted by atomic mass is 16.2. The van der Waals surface area contributed by atoms with Crippen LogP contribution >= 0.6 is 0 Å². The third-order valence-corrected chi connectivity index (χ3v) is 4.05. The van der Waals surface area contributed by atoms with Crippen molar-refractivity contribution in [2.45, 2.75) is 19.9 Å². The van der Waals surface area contributed by atoms with Gasteiger partial charge in [0, 0.05) is 18.8 Å². The molecule has 0 aliphatic carbocycles. The number of hydrogen-bond donors (Lipinski definition) is 2. The maximum Gasteiger partial charge on any atom is 0.245 e. The van der Waals surface area contributed by atoms with Gasteiger partial charge in [-0.1, -0.05) is 48.0 Å². The molecular formula is C22H25N3O3. The van der Waals surface area contributed by atoms with Crippen LogP contribution in [0.1, 0.15) is 18.1 Å². The Morgan fingerprint density at radius 2 is 1.68 bits per heavy atom. The van der Waals surface area contributed by atoms with Gasteiger partial charge in [-0.15, -0.1) is 0 Å². The van der Waals surface area contributed by atoms with Gasteiger partial charge in [0.2, 0.25) is 17.7 Å². The molecule has 2 aromatic rings. The molecule has 146 valence electrons. The lowest BCUT2D eigenvalue weighted by atomic mass is 10.2. The summed E-state index contributed by atoms with van der Waals surface area (Å²) in [6, 6.07) is 16.0. The van der Waals surface area contributed by atoms with Crippen LogP contribution in [0.15, 0.2) is 60.7 Å². The zero-order valence-electron chi connectivity index (χ0n) is 16.3. The van der Waals surface area contributed by atoms with Gasteiger partial charge in [-0.3, -0.25) is 14.4 Å². The average Bonchev–Trinajstić information content (AvgIpc) is 2.68. The predicted octanol–water partition coefficient (Wildman–Crippen LogP) is 2.61. The number of amides is 3. The fraction of sp³-hybridized carbons (Fsp3) is 0.227. The van der Waals surface area contributed by atoms with E-state index in [1.807, 2.05) is 49.4 Å². The van der Waals surface area contributed by atoms with E-state index in [1.165, 1.54) is 18.0 Å². The van der Waals surface area contributed by atoms with Crippen LogP contribution in [0.3, 0.4) is 0 Å². The fourth-order valence-corrected chi connectivity index (χ4v) is 2.52. The number of carbonyl (C=O) groups excluding carboxylic acids is 3. The quantitative estimate of drug-likeness (QED) is 0.726. The summed E-state index contributed by atoms with van der Waals surface area (Å²) < 4.78 is 0. The van der Waals surface area contributed by atoms with Crippen LogP contribution in [0.5, 0.6) is 0 Å². The van der Waals surface area contributed by atoms with Crippen molar-refractivity contribution in [1.82, 2.24) is 10.2 Å². The minimum absolute atomic E-state index is 0.104. The first-order valence-corrected chi connectivity index (χ1v) is 9.00. The summed E-state index contributed by atoms with van der Waals surface area (Å²) in [4.78, 5) is 37.8. The molecule has 0 radical (unpaired) electrons. The molecule has 0 saturated carbocycles. The van der Waals surface area contributed by atoms with E-state index in [0.717, 1.165) is 11.1 Å². The molecule has 2 rings (SSSR count). The first-order valence-electron chi connectivity index (χ1n) is 9.00. The van der Waals surface area contributed by atoms with E-state index in [9.17, 15) is 14.4 Å². The van der Waals surface area contributed by atoms with Crippen molar-refractivity contribution < 1.29 is 14.4 Å². The van der Waals surface area contributed by atoms with E-state index in [-0.39, 0.29) is 24.3 Å². The molecule has 2 N–H and O–H groups in total. The summed E-state index contributed by atoms with van der Waals surface area (Å²) in [7, 11) is 1.53. The maximum atomic E-state index is 12.4. The molecule has 1 unspecified atom stereocenters. The molecule has 1 atom stereocenters. The Bertz CT molecular complexity index is 845. The van der Waals surface area contributed by atoms with Crippen LogP contribution in [0.25, 0.3) is 6.08 Å². The Morgan fingerprint density at radius 3 is 2.32 bits per heavy atom. The van der Waals surface area contributed by atoms with Crippen molar-refractivity contribution in [1.29, 1.82) is 0 Å². The largest absolute Gasteiger partial charge is 0.341 e. The Hall–Kier alpha value is -3.41. The van der Waals surface area contributed by atoms with Gasteiger partial charge in [0.05, 0.1) is 6.54 Å². The highest BCUT2D eigenvalue weighted by Crippen LogP contribution is 2.08. The monoisotopic (exact) mass is 379 g/mol. The number of nitrogens with zero attached hydrogens (tertiary/aromatic N) is 1. The van der Waals surface area contributed by atoms with E-state index >= 15 is 0 Å². The maximum absolute atomic E-state index is 12.4. The van der Waals surface area contributed by atoms with Crippen molar-refractivity contribution in [3.05, 3.63) is 71.8 Å². The van der Waals surface area contributed by atoms with Crippen LogP contribution < -0.4 is 10.6 Å². The second-order valence-electron chi connectivity index (χ2n) is 6.58. The van der Waals surface area contributed by atoms with Gasteiger partial charge in [-0.05, 0) is 37.6 Å². The lowest BCUT2D eigenvalue weighted by Crippen LogP contribution is -2.47. The number of anilines is 1. The van der Waals surface area contributed by atoms with E-state index < -0.39 is 6.04 Å². The highest BCUT2D eigenvalue weighted by Gasteiger charge is 2.20. The number of aryl methyl sites for hydroxylation is 1. The van der Waals surface area contributed by atoms with E-state index in [0.29, 0.717) is 5.69 Å². The zero-order chi connectivity index (χ0) is 20.5. The van der Waals surface area contributed by atoms with Crippen LogP contribution in [0.4, 0.5) is 5.69 Å². The van der Waals surface area contributed by atoms with E-state index in [2.05, 4.69) is 10.6 Å². The normalized spacial score (nSPS) is 11.7. The summed E-state index contributed by atoms with van der Waals surface area (Å²) in [5.74, 6) is -1.02. The Kier molecular flexibility index (Phi) is 7.51. The van der Waals surface area contributed by atoms with Gasteiger partial charge < -0.3 is 15.5 Å². The minimum Gasteiger partial charge on any atom is -0.341 e. The molecule has 6 heteroatoms. The SMILES string of the molecule is Cc1ccc(NC(=O)CN(C)C(=O)C(C)NC(=O)/C=C/c2ccccc2)cc1. The molecule has 6 nitrogen and oxygen atoms in total. The number of likely N-dealkylation sites (N-methyl/N-ethyl adjacent to an activating group) is 1. The lowest BCUT2D eigenvalue weighted by Gasteiger charge is -2.21. The molecular weight excluding hydrogens is 354 g/mol.